The van der Waals surface area contributed by atoms with Crippen LogP contribution in [0.3, 0.4) is 0 Å². The molecule has 0 spiro atoms. The Morgan fingerprint density at radius 2 is 1.67 bits per heavy atom. The second-order valence-electron chi connectivity index (χ2n) is 5.30. The molecule has 0 unspecified atom stereocenters. The summed E-state index contributed by atoms with van der Waals surface area (Å²) >= 11 is 29.3. The fraction of sp³-hybridized carbons (Fsp3) is 0.188. The first-order valence-electron chi connectivity index (χ1n) is 7.14. The molecule has 0 radical (unpaired) electrons. The van der Waals surface area contributed by atoms with Crippen molar-refractivity contribution >= 4 is 69.6 Å². The molecule has 0 aliphatic rings. The van der Waals surface area contributed by atoms with E-state index in [0.717, 1.165) is 18.2 Å². The molecule has 0 fully saturated rings. The molecule has 0 saturated carbocycles. The molecule has 11 heteroatoms. The Morgan fingerprint density at radius 3 is 2.22 bits per heavy atom. The third-order valence-electron chi connectivity index (χ3n) is 3.28. The molecule has 0 saturated heterocycles. The van der Waals surface area contributed by atoms with Crippen LogP contribution in [0.5, 0.6) is 0 Å². The summed E-state index contributed by atoms with van der Waals surface area (Å²) in [4.78, 5) is 12.4. The number of halogens is 8. The van der Waals surface area contributed by atoms with Crippen LogP contribution in [-0.4, -0.2) is 15.9 Å². The average molecular weight is 481 g/mol. The van der Waals surface area contributed by atoms with Crippen molar-refractivity contribution in [2.75, 3.05) is 5.32 Å². The summed E-state index contributed by atoms with van der Waals surface area (Å²) in [6, 6.07) is 8.54. The number of anilines is 1. The first kappa shape index (κ1) is 22.2. The second kappa shape index (κ2) is 8.53. The molecule has 27 heavy (non-hydrogen) atoms. The van der Waals surface area contributed by atoms with E-state index in [1.54, 1.807) is 12.1 Å². The van der Waals surface area contributed by atoms with Gasteiger partial charge in [0.1, 0.15) is 6.17 Å². The van der Waals surface area contributed by atoms with Crippen molar-refractivity contribution in [3.8, 4) is 0 Å². The minimum atomic E-state index is -4.60. The van der Waals surface area contributed by atoms with Crippen LogP contribution in [0.15, 0.2) is 42.5 Å². The zero-order valence-corrected chi connectivity index (χ0v) is 16.8. The summed E-state index contributed by atoms with van der Waals surface area (Å²) in [5, 5.41) is 5.16. The number of hydrogen-bond donors (Lipinski definition) is 2. The van der Waals surface area contributed by atoms with Crippen LogP contribution < -0.4 is 10.6 Å². The monoisotopic (exact) mass is 478 g/mol. The first-order chi connectivity index (χ1) is 12.4. The molecule has 0 aliphatic heterocycles. The molecule has 2 aromatic carbocycles. The van der Waals surface area contributed by atoms with E-state index >= 15 is 0 Å². The van der Waals surface area contributed by atoms with Crippen LogP contribution in [-0.2, 0) is 6.18 Å². The zero-order valence-electron chi connectivity index (χ0n) is 13.1. The quantitative estimate of drug-likeness (QED) is 0.385. The number of hydrogen-bond acceptors (Lipinski definition) is 2. The summed E-state index contributed by atoms with van der Waals surface area (Å²) in [7, 11) is 0. The van der Waals surface area contributed by atoms with Crippen LogP contribution in [0.2, 0.25) is 10.0 Å². The molecule has 0 aromatic heterocycles. The number of amides is 1. The molecule has 2 N–H and O–H groups in total. The highest BCUT2D eigenvalue weighted by molar-refractivity contribution is 6.68. The van der Waals surface area contributed by atoms with Crippen LogP contribution in [0.1, 0.15) is 15.9 Å². The summed E-state index contributed by atoms with van der Waals surface area (Å²) in [6.07, 6.45) is -5.99. The standard InChI is InChI=1S/C16H10Cl5F3N2O/c17-10-3-1-2-8(6-10)13(27)26-14(15(19,20)21)25-12-7-9(16(22,23)24)4-5-11(12)18/h1-7,14,25H,(H,26,27)/t14-/m1/s1. The van der Waals surface area contributed by atoms with Crippen molar-refractivity contribution < 1.29 is 18.0 Å². The second-order valence-corrected chi connectivity index (χ2v) is 8.51. The lowest BCUT2D eigenvalue weighted by atomic mass is 10.2. The Balaban J connectivity index is 2.29. The highest BCUT2D eigenvalue weighted by atomic mass is 35.6. The van der Waals surface area contributed by atoms with Crippen molar-refractivity contribution in [1.29, 1.82) is 0 Å². The lowest BCUT2D eigenvalue weighted by Crippen LogP contribution is -2.49. The minimum absolute atomic E-state index is 0.0562. The van der Waals surface area contributed by atoms with Crippen LogP contribution >= 0.6 is 58.0 Å². The molecular weight excluding hydrogens is 470 g/mol. The van der Waals surface area contributed by atoms with Gasteiger partial charge < -0.3 is 10.6 Å². The van der Waals surface area contributed by atoms with Gasteiger partial charge in [0.25, 0.3) is 5.91 Å². The van der Waals surface area contributed by atoms with Gasteiger partial charge in [0, 0.05) is 10.6 Å². The van der Waals surface area contributed by atoms with Crippen molar-refractivity contribution in [3.05, 3.63) is 63.6 Å². The van der Waals surface area contributed by atoms with Gasteiger partial charge in [-0.15, -0.1) is 0 Å². The number of carbonyl (C=O) groups is 1. The maximum absolute atomic E-state index is 12.9. The maximum Gasteiger partial charge on any atom is 0.416 e. The van der Waals surface area contributed by atoms with Crippen LogP contribution in [0.25, 0.3) is 0 Å². The molecule has 1 atom stereocenters. The third-order valence-corrected chi connectivity index (χ3v) is 4.50. The smallest absolute Gasteiger partial charge is 0.361 e. The number of carbonyl (C=O) groups excluding carboxylic acids is 1. The van der Waals surface area contributed by atoms with E-state index in [0.29, 0.717) is 5.02 Å². The molecule has 2 aromatic rings. The number of benzene rings is 2. The van der Waals surface area contributed by atoms with Crippen LogP contribution in [0, 0.1) is 0 Å². The van der Waals surface area contributed by atoms with Crippen molar-refractivity contribution in [1.82, 2.24) is 5.32 Å². The third kappa shape index (κ3) is 6.22. The fourth-order valence-corrected chi connectivity index (χ4v) is 2.70. The highest BCUT2D eigenvalue weighted by Crippen LogP contribution is 2.36. The normalized spacial score (nSPS) is 13.2. The number of rotatable bonds is 4. The van der Waals surface area contributed by atoms with Gasteiger partial charge in [-0.05, 0) is 36.4 Å². The van der Waals surface area contributed by atoms with E-state index in [2.05, 4.69) is 10.6 Å². The fourth-order valence-electron chi connectivity index (χ4n) is 2.01. The molecular formula is C16H10Cl5F3N2O. The topological polar surface area (TPSA) is 41.1 Å². The summed E-state index contributed by atoms with van der Waals surface area (Å²) in [5.41, 5.74) is -0.966. The van der Waals surface area contributed by atoms with Crippen molar-refractivity contribution in [2.24, 2.45) is 0 Å². The van der Waals surface area contributed by atoms with Crippen molar-refractivity contribution in [3.63, 3.8) is 0 Å². The predicted octanol–water partition coefficient (Wildman–Crippen LogP) is 6.55. The lowest BCUT2D eigenvalue weighted by Gasteiger charge is -2.28. The summed E-state index contributed by atoms with van der Waals surface area (Å²) in [5.74, 6) is -0.663. The maximum atomic E-state index is 12.9. The van der Waals surface area contributed by atoms with Gasteiger partial charge in [-0.3, -0.25) is 4.79 Å². The Labute approximate surface area is 177 Å². The Bertz CT molecular complexity index is 840. The van der Waals surface area contributed by atoms with E-state index < -0.39 is 27.6 Å². The van der Waals surface area contributed by atoms with E-state index in [1.165, 1.54) is 12.1 Å². The molecule has 0 bridgehead atoms. The first-order valence-corrected chi connectivity index (χ1v) is 9.03. The number of alkyl halides is 6. The Kier molecular flexibility index (Phi) is 7.03. The van der Waals surface area contributed by atoms with Gasteiger partial charge in [-0.2, -0.15) is 13.2 Å². The molecule has 3 nitrogen and oxygen atoms in total. The SMILES string of the molecule is O=C(N[C@@H](Nc1cc(C(F)(F)F)ccc1Cl)C(Cl)(Cl)Cl)c1cccc(Cl)c1. The van der Waals surface area contributed by atoms with E-state index in [1.807, 2.05) is 0 Å². The molecule has 0 aliphatic carbocycles. The van der Waals surface area contributed by atoms with Crippen LogP contribution in [0.4, 0.5) is 18.9 Å². The predicted molar refractivity (Wildman–Crippen MR) is 103 cm³/mol. The highest BCUT2D eigenvalue weighted by Gasteiger charge is 2.36. The van der Waals surface area contributed by atoms with E-state index in [9.17, 15) is 18.0 Å². The van der Waals surface area contributed by atoms with Gasteiger partial charge in [-0.1, -0.05) is 64.1 Å². The van der Waals surface area contributed by atoms with Crippen molar-refractivity contribution in [2.45, 2.75) is 16.1 Å². The molecule has 146 valence electrons. The lowest BCUT2D eigenvalue weighted by molar-refractivity contribution is -0.137. The Hall–Kier alpha value is -1.05. The summed E-state index contributed by atoms with van der Waals surface area (Å²) in [6.45, 7) is 0. The number of nitrogens with one attached hydrogen (secondary N) is 2. The zero-order chi connectivity index (χ0) is 20.4. The largest absolute Gasteiger partial charge is 0.416 e. The summed E-state index contributed by atoms with van der Waals surface area (Å²) < 4.78 is 36.6. The molecule has 1 amide bonds. The molecule has 0 heterocycles. The Morgan fingerprint density at radius 1 is 1.00 bits per heavy atom. The van der Waals surface area contributed by atoms with E-state index in [-0.39, 0.29) is 16.3 Å². The minimum Gasteiger partial charge on any atom is -0.361 e. The van der Waals surface area contributed by atoms with Gasteiger partial charge in [-0.25, -0.2) is 0 Å². The van der Waals surface area contributed by atoms with Gasteiger partial charge in [0.15, 0.2) is 0 Å². The van der Waals surface area contributed by atoms with Gasteiger partial charge >= 0.3 is 6.18 Å². The van der Waals surface area contributed by atoms with E-state index in [4.69, 9.17) is 58.0 Å². The molecule has 2 rings (SSSR count). The van der Waals surface area contributed by atoms with Gasteiger partial charge in [0.05, 0.1) is 16.3 Å². The average Bonchev–Trinajstić information content (AvgIpc) is 2.54. The van der Waals surface area contributed by atoms with Gasteiger partial charge in [0.2, 0.25) is 3.79 Å².